The third kappa shape index (κ3) is 11.9. The molecule has 3 unspecified atom stereocenters. The average molecular weight is 939 g/mol. The van der Waals surface area contributed by atoms with Gasteiger partial charge in [0.1, 0.15) is 49.7 Å². The number of benzene rings is 4. The van der Waals surface area contributed by atoms with Gasteiger partial charge < -0.3 is 39.5 Å². The lowest BCUT2D eigenvalue weighted by atomic mass is 9.81. The third-order valence-corrected chi connectivity index (χ3v) is 13.4. The Bertz CT molecular complexity index is 2760. The van der Waals surface area contributed by atoms with Crippen LogP contribution in [0, 0.1) is 11.7 Å². The number of carbonyl (C=O) groups excluding carboxylic acids is 6. The second kappa shape index (κ2) is 21.5. The maximum atomic E-state index is 14.1. The molecule has 0 radical (unpaired) electrons. The number of aromatic amines is 1. The smallest absolute Gasteiger partial charge is 0.325 e. The minimum absolute atomic E-state index is 0.0287. The first-order chi connectivity index (χ1) is 32.2. The van der Waals surface area contributed by atoms with Gasteiger partial charge in [0.2, 0.25) is 17.7 Å². The Hall–Kier alpha value is -7.08. The monoisotopic (exact) mass is 938 g/mol. The number of fused-ring (bicyclic) bond motifs is 5. The van der Waals surface area contributed by atoms with Gasteiger partial charge in [0.15, 0.2) is 15.6 Å². The number of likely N-dealkylation sites (N-methyl/N-ethyl adjacent to an activating group) is 1. The molecule has 0 spiro atoms. The lowest BCUT2D eigenvalue weighted by molar-refractivity contribution is -0.168. The molecule has 18 heteroatoms. The molecule has 1 fully saturated rings. The predicted octanol–water partition coefficient (Wildman–Crippen LogP) is 5.49. The molecule has 5 aromatic rings. The van der Waals surface area contributed by atoms with Gasteiger partial charge in [-0.25, -0.2) is 12.8 Å². The van der Waals surface area contributed by atoms with Gasteiger partial charge in [-0.3, -0.25) is 28.8 Å². The molecule has 3 N–H and O–H groups in total. The first-order valence-electron chi connectivity index (χ1n) is 21.9. The molecule has 0 aliphatic carbocycles. The summed E-state index contributed by atoms with van der Waals surface area (Å²) in [6.07, 6.45) is 0.367. The van der Waals surface area contributed by atoms with Crippen LogP contribution in [0.3, 0.4) is 0 Å². The molecule has 352 valence electrons. The van der Waals surface area contributed by atoms with E-state index in [4.69, 9.17) is 18.9 Å². The zero-order chi connectivity index (χ0) is 47.7. The Labute approximate surface area is 386 Å². The van der Waals surface area contributed by atoms with Crippen LogP contribution in [0.2, 0.25) is 0 Å². The number of amides is 3. The van der Waals surface area contributed by atoms with Crippen molar-refractivity contribution in [2.24, 2.45) is 5.92 Å². The summed E-state index contributed by atoms with van der Waals surface area (Å²) in [5.74, 6) is -4.51. The van der Waals surface area contributed by atoms with E-state index in [1.807, 2.05) is 30.3 Å². The topological polar surface area (TPSA) is 217 Å². The number of nitrogens with zero attached hydrogens (tertiary/aromatic N) is 1. The normalized spacial score (nSPS) is 16.2. The van der Waals surface area contributed by atoms with Crippen LogP contribution >= 0.6 is 0 Å². The summed E-state index contributed by atoms with van der Waals surface area (Å²) in [5.41, 5.74) is 3.46. The number of ether oxygens (including phenoxy) is 4. The molecule has 2 aliphatic rings. The predicted molar refractivity (Wildman–Crippen MR) is 241 cm³/mol. The van der Waals surface area contributed by atoms with Gasteiger partial charge in [0, 0.05) is 47.8 Å². The van der Waals surface area contributed by atoms with Crippen molar-refractivity contribution in [1.29, 1.82) is 0 Å². The van der Waals surface area contributed by atoms with Gasteiger partial charge in [-0.1, -0.05) is 48.9 Å². The van der Waals surface area contributed by atoms with Crippen LogP contribution in [0.1, 0.15) is 62.1 Å². The summed E-state index contributed by atoms with van der Waals surface area (Å²) in [4.78, 5) is 83.6. The van der Waals surface area contributed by atoms with Crippen LogP contribution < -0.4 is 20.1 Å². The summed E-state index contributed by atoms with van der Waals surface area (Å²) in [6.45, 7) is 1.01. The van der Waals surface area contributed by atoms with E-state index in [0.717, 1.165) is 10.5 Å². The molecular formula is C49H51FN4O12S. The number of rotatable bonds is 22. The van der Waals surface area contributed by atoms with Crippen molar-refractivity contribution < 1.29 is 60.5 Å². The van der Waals surface area contributed by atoms with Crippen LogP contribution in [-0.2, 0) is 67.0 Å². The van der Waals surface area contributed by atoms with Gasteiger partial charge in [-0.15, -0.1) is 0 Å². The molecule has 3 heterocycles. The van der Waals surface area contributed by atoms with Gasteiger partial charge in [0.05, 0.1) is 35.4 Å². The number of likely N-dealkylation sites (tertiary alicyclic amines) is 1. The minimum atomic E-state index is -3.89. The van der Waals surface area contributed by atoms with Crippen LogP contribution in [0.5, 0.6) is 11.5 Å². The van der Waals surface area contributed by atoms with Crippen molar-refractivity contribution in [3.05, 3.63) is 114 Å². The molecule has 0 saturated carbocycles. The highest BCUT2D eigenvalue weighted by molar-refractivity contribution is 7.91. The van der Waals surface area contributed by atoms with Gasteiger partial charge >= 0.3 is 11.9 Å². The van der Waals surface area contributed by atoms with Crippen molar-refractivity contribution in [2.45, 2.75) is 81.4 Å². The Balaban J connectivity index is 0.985. The molecule has 1 aromatic heterocycles. The summed E-state index contributed by atoms with van der Waals surface area (Å²) in [7, 11) is -2.37. The highest BCUT2D eigenvalue weighted by atomic mass is 32.2. The summed E-state index contributed by atoms with van der Waals surface area (Å²) in [6, 6.07) is 22.6. The molecule has 67 heavy (non-hydrogen) atoms. The maximum absolute atomic E-state index is 14.1. The Morgan fingerprint density at radius 3 is 2.31 bits per heavy atom. The molecule has 2 aliphatic heterocycles. The Morgan fingerprint density at radius 2 is 1.58 bits per heavy atom. The number of Topliss-reactive ketones (excluding diaryl/α,β-unsaturated/α-hetero) is 1. The zero-order valence-electron chi connectivity index (χ0n) is 37.0. The van der Waals surface area contributed by atoms with Crippen LogP contribution in [0.15, 0.2) is 95.9 Å². The molecule has 7 rings (SSSR count). The number of aromatic nitrogens is 1. The van der Waals surface area contributed by atoms with E-state index < -0.39 is 82.3 Å². The van der Waals surface area contributed by atoms with Gasteiger partial charge in [-0.2, -0.15) is 0 Å². The van der Waals surface area contributed by atoms with E-state index in [1.54, 1.807) is 43.3 Å². The number of methoxy groups -OCH3 is 1. The molecular weight excluding hydrogens is 888 g/mol. The maximum Gasteiger partial charge on any atom is 0.325 e. The second-order valence-corrected chi connectivity index (χ2v) is 18.3. The summed E-state index contributed by atoms with van der Waals surface area (Å²) < 4.78 is 62.7. The van der Waals surface area contributed by atoms with Crippen molar-refractivity contribution >= 4 is 56.2 Å². The quantitative estimate of drug-likeness (QED) is 0.0446. The van der Waals surface area contributed by atoms with Crippen LogP contribution in [-0.4, -0.2) is 92.6 Å². The van der Waals surface area contributed by atoms with Crippen LogP contribution in [0.25, 0.3) is 22.2 Å². The lowest BCUT2D eigenvalue weighted by Gasteiger charge is -2.46. The molecule has 4 aromatic carbocycles. The Morgan fingerprint density at radius 1 is 0.866 bits per heavy atom. The highest BCUT2D eigenvalue weighted by Crippen LogP contribution is 2.42. The average Bonchev–Trinajstić information content (AvgIpc) is 3.67. The standard InChI is InChI=1S/C49H51FN4O12S/c1-3-51-48(59)41(11-7-8-12-45(57)65-26-30-9-5-4-6-10-30)52-44(56)24-42-38(49(60)54(42)25-46(58)66-27-31-13-16-34(63-2)17-14-31)22-33(55)28-64-35-18-19-36-43(23-35)67(61,62)29-39-37-21-32(50)15-20-40(37)53-47(36)39/h4-6,9-10,13-21,23,38,41-42,53H,3,7-8,11-12,22,24-29H2,1-2H3,(H,51,59)(H,52,56). The highest BCUT2D eigenvalue weighted by Gasteiger charge is 2.49. The minimum Gasteiger partial charge on any atom is -0.497 e. The fraction of sp³-hybridized carbons (Fsp3) is 0.347. The Kier molecular flexibility index (Phi) is 15.3. The number of ketones is 1. The second-order valence-electron chi connectivity index (χ2n) is 16.4. The number of hydrogen-bond donors (Lipinski definition) is 3. The number of unbranched alkanes of at least 4 members (excludes halogenated alkanes) is 1. The third-order valence-electron chi connectivity index (χ3n) is 11.7. The number of H-pyrrole nitrogens is 1. The van der Waals surface area contributed by atoms with E-state index in [9.17, 15) is 41.6 Å². The first kappa shape index (κ1) is 47.9. The van der Waals surface area contributed by atoms with E-state index in [-0.39, 0.29) is 55.3 Å². The SMILES string of the molecule is CCNC(=O)C(CCCCC(=O)OCc1ccccc1)NC(=O)CC1C(CC(=O)COc2ccc3c(c2)S(=O)(=O)Cc2c-3[nH]c3ccc(F)cc23)C(=O)N1CC(=O)OCc1ccc(OC)cc1. The van der Waals surface area contributed by atoms with E-state index in [1.165, 1.54) is 31.4 Å². The molecule has 3 amide bonds. The number of nitrogens with one attached hydrogen (secondary N) is 3. The van der Waals surface area contributed by atoms with E-state index in [0.29, 0.717) is 58.4 Å². The van der Waals surface area contributed by atoms with E-state index in [2.05, 4.69) is 15.6 Å². The van der Waals surface area contributed by atoms with E-state index >= 15 is 0 Å². The largest absolute Gasteiger partial charge is 0.497 e. The summed E-state index contributed by atoms with van der Waals surface area (Å²) >= 11 is 0. The summed E-state index contributed by atoms with van der Waals surface area (Å²) in [5, 5.41) is 5.91. The zero-order valence-corrected chi connectivity index (χ0v) is 37.8. The van der Waals surface area contributed by atoms with Gasteiger partial charge in [-0.05, 0) is 79.4 Å². The lowest BCUT2D eigenvalue weighted by Crippen LogP contribution is -2.64. The van der Waals surface area contributed by atoms with Gasteiger partial charge in [0.25, 0.3) is 0 Å². The number of sulfone groups is 1. The molecule has 3 atom stereocenters. The molecule has 1 saturated heterocycles. The van der Waals surface area contributed by atoms with Crippen LogP contribution in [0.4, 0.5) is 4.39 Å². The fourth-order valence-electron chi connectivity index (χ4n) is 8.25. The fourth-order valence-corrected chi connectivity index (χ4v) is 9.88. The van der Waals surface area contributed by atoms with Crippen molar-refractivity contribution in [2.75, 3.05) is 26.8 Å². The number of β-lactam (4-membered cyclic amide) rings is 1. The number of carbonyl (C=O) groups is 6. The van der Waals surface area contributed by atoms with Crippen molar-refractivity contribution in [1.82, 2.24) is 20.5 Å². The number of esters is 2. The molecule has 0 bridgehead atoms. The first-order valence-corrected chi connectivity index (χ1v) is 23.6. The molecule has 16 nitrogen and oxygen atoms in total. The number of halogens is 1. The van der Waals surface area contributed by atoms with Crippen molar-refractivity contribution in [3.63, 3.8) is 0 Å². The van der Waals surface area contributed by atoms with Crippen molar-refractivity contribution in [3.8, 4) is 22.8 Å². The number of hydrogen-bond acceptors (Lipinski definition) is 12.